The van der Waals surface area contributed by atoms with E-state index in [9.17, 15) is 8.42 Å². The first-order chi connectivity index (χ1) is 12.5. The molecule has 0 amide bonds. The van der Waals surface area contributed by atoms with Crippen molar-refractivity contribution in [1.82, 2.24) is 14.9 Å². The molecule has 26 heavy (non-hydrogen) atoms. The fraction of sp³-hybridized carbons (Fsp3) is 0.294. The van der Waals surface area contributed by atoms with E-state index in [1.807, 2.05) is 31.2 Å². The lowest BCUT2D eigenvalue weighted by molar-refractivity contribution is 0.379. The number of nitrogens with one attached hydrogen (secondary N) is 1. The van der Waals surface area contributed by atoms with E-state index >= 15 is 0 Å². The number of thiophene rings is 1. The quantitative estimate of drug-likeness (QED) is 0.632. The SMILES string of the molecule is CCc1ccc(S(=O)(=O)NCCc2nc(-c3cccc(OC)c3)no2)s1. The Morgan fingerprint density at radius 3 is 2.85 bits per heavy atom. The van der Waals surface area contributed by atoms with E-state index in [2.05, 4.69) is 14.9 Å². The van der Waals surface area contributed by atoms with Gasteiger partial charge < -0.3 is 9.26 Å². The highest BCUT2D eigenvalue weighted by Crippen LogP contribution is 2.22. The van der Waals surface area contributed by atoms with Crippen LogP contribution in [-0.2, 0) is 22.9 Å². The van der Waals surface area contributed by atoms with Gasteiger partial charge in [0.05, 0.1) is 7.11 Å². The number of hydrogen-bond donors (Lipinski definition) is 1. The molecule has 138 valence electrons. The molecule has 9 heteroatoms. The Balaban J connectivity index is 1.61. The first-order valence-corrected chi connectivity index (χ1v) is 10.4. The second-order valence-corrected chi connectivity index (χ2v) is 8.63. The smallest absolute Gasteiger partial charge is 0.250 e. The molecule has 3 aromatic rings. The van der Waals surface area contributed by atoms with Crippen LogP contribution in [0.2, 0.25) is 0 Å². The van der Waals surface area contributed by atoms with E-state index in [1.54, 1.807) is 19.2 Å². The largest absolute Gasteiger partial charge is 0.497 e. The molecule has 0 saturated heterocycles. The van der Waals surface area contributed by atoms with Crippen molar-refractivity contribution in [3.05, 3.63) is 47.2 Å². The van der Waals surface area contributed by atoms with Gasteiger partial charge >= 0.3 is 0 Å². The fourth-order valence-corrected chi connectivity index (χ4v) is 4.66. The van der Waals surface area contributed by atoms with Crippen LogP contribution < -0.4 is 9.46 Å². The van der Waals surface area contributed by atoms with Crippen LogP contribution in [0.3, 0.4) is 0 Å². The molecule has 2 heterocycles. The molecule has 0 aliphatic carbocycles. The molecule has 0 aliphatic heterocycles. The van der Waals surface area contributed by atoms with Crippen LogP contribution in [-0.4, -0.2) is 32.2 Å². The van der Waals surface area contributed by atoms with Gasteiger partial charge in [0.25, 0.3) is 0 Å². The van der Waals surface area contributed by atoms with Crippen molar-refractivity contribution in [1.29, 1.82) is 0 Å². The first kappa shape index (κ1) is 18.6. The van der Waals surface area contributed by atoms with Gasteiger partial charge in [0, 0.05) is 23.4 Å². The lowest BCUT2D eigenvalue weighted by Crippen LogP contribution is -2.25. The highest BCUT2D eigenvalue weighted by molar-refractivity contribution is 7.91. The summed E-state index contributed by atoms with van der Waals surface area (Å²) < 4.78 is 37.8. The monoisotopic (exact) mass is 393 g/mol. The molecule has 3 rings (SSSR count). The Morgan fingerprint density at radius 2 is 2.12 bits per heavy atom. The number of sulfonamides is 1. The summed E-state index contributed by atoms with van der Waals surface area (Å²) >= 11 is 1.28. The van der Waals surface area contributed by atoms with Gasteiger partial charge in [-0.1, -0.05) is 24.2 Å². The Kier molecular flexibility index (Phi) is 5.70. The summed E-state index contributed by atoms with van der Waals surface area (Å²) in [6.45, 7) is 2.17. The molecule has 0 fully saturated rings. The normalized spacial score (nSPS) is 11.6. The van der Waals surface area contributed by atoms with Gasteiger partial charge in [0.1, 0.15) is 9.96 Å². The molecule has 7 nitrogen and oxygen atoms in total. The molecule has 0 spiro atoms. The van der Waals surface area contributed by atoms with Gasteiger partial charge in [0.15, 0.2) is 0 Å². The minimum absolute atomic E-state index is 0.182. The molecule has 0 radical (unpaired) electrons. The molecular formula is C17H19N3O4S2. The number of rotatable bonds is 8. The van der Waals surface area contributed by atoms with Crippen LogP contribution >= 0.6 is 11.3 Å². The Morgan fingerprint density at radius 1 is 1.27 bits per heavy atom. The van der Waals surface area contributed by atoms with Crippen molar-refractivity contribution in [3.63, 3.8) is 0 Å². The summed E-state index contributed by atoms with van der Waals surface area (Å²) in [6.07, 6.45) is 1.12. The molecule has 1 N–H and O–H groups in total. The molecule has 0 bridgehead atoms. The lowest BCUT2D eigenvalue weighted by atomic mass is 10.2. The summed E-state index contributed by atoms with van der Waals surface area (Å²) in [5.41, 5.74) is 0.769. The molecular weight excluding hydrogens is 374 g/mol. The standard InChI is InChI=1S/C17H19N3O4S2/c1-3-14-7-8-16(25-14)26(21,22)18-10-9-15-19-17(20-24-15)12-5-4-6-13(11-12)23-2/h4-8,11,18H,3,9-10H2,1-2H3. The van der Waals surface area contributed by atoms with Gasteiger partial charge in [-0.3, -0.25) is 0 Å². The third-order valence-electron chi connectivity index (χ3n) is 3.68. The second kappa shape index (κ2) is 7.98. The summed E-state index contributed by atoms with van der Waals surface area (Å²) in [6, 6.07) is 10.8. The summed E-state index contributed by atoms with van der Waals surface area (Å²) in [5, 5.41) is 3.93. The predicted molar refractivity (Wildman–Crippen MR) is 98.9 cm³/mol. The maximum atomic E-state index is 12.3. The number of methoxy groups -OCH3 is 1. The van der Waals surface area contributed by atoms with Gasteiger partial charge in [-0.15, -0.1) is 11.3 Å². The van der Waals surface area contributed by atoms with E-state index in [1.165, 1.54) is 11.3 Å². The fourth-order valence-electron chi connectivity index (χ4n) is 2.29. The minimum Gasteiger partial charge on any atom is -0.497 e. The average molecular weight is 393 g/mol. The zero-order chi connectivity index (χ0) is 18.6. The molecule has 2 aromatic heterocycles. The van der Waals surface area contributed by atoms with Crippen LogP contribution in [0, 0.1) is 0 Å². The Hall–Kier alpha value is -2.23. The summed E-state index contributed by atoms with van der Waals surface area (Å²) in [4.78, 5) is 5.33. The second-order valence-electron chi connectivity index (χ2n) is 5.47. The van der Waals surface area contributed by atoms with E-state index in [-0.39, 0.29) is 6.54 Å². The van der Waals surface area contributed by atoms with Crippen molar-refractivity contribution < 1.29 is 17.7 Å². The van der Waals surface area contributed by atoms with Crippen LogP contribution in [0.1, 0.15) is 17.7 Å². The van der Waals surface area contributed by atoms with Crippen LogP contribution in [0.4, 0.5) is 0 Å². The van der Waals surface area contributed by atoms with Gasteiger partial charge in [-0.2, -0.15) is 4.98 Å². The average Bonchev–Trinajstić information content (AvgIpc) is 3.31. The van der Waals surface area contributed by atoms with Crippen molar-refractivity contribution in [2.45, 2.75) is 24.0 Å². The van der Waals surface area contributed by atoms with Crippen LogP contribution in [0.25, 0.3) is 11.4 Å². The number of aryl methyl sites for hydroxylation is 1. The summed E-state index contributed by atoms with van der Waals surface area (Å²) in [5.74, 6) is 1.50. The highest BCUT2D eigenvalue weighted by Gasteiger charge is 2.17. The number of aromatic nitrogens is 2. The van der Waals surface area contributed by atoms with E-state index in [0.29, 0.717) is 28.1 Å². The van der Waals surface area contributed by atoms with Gasteiger partial charge in [-0.05, 0) is 30.7 Å². The van der Waals surface area contributed by atoms with Gasteiger partial charge in [0.2, 0.25) is 21.7 Å². The predicted octanol–water partition coefficient (Wildman–Crippen LogP) is 2.89. The topological polar surface area (TPSA) is 94.3 Å². The van der Waals surface area contributed by atoms with Crippen molar-refractivity contribution >= 4 is 21.4 Å². The Labute approximate surface area is 156 Å². The van der Waals surface area contributed by atoms with Crippen molar-refractivity contribution in [2.75, 3.05) is 13.7 Å². The van der Waals surface area contributed by atoms with Crippen molar-refractivity contribution in [2.24, 2.45) is 0 Å². The third kappa shape index (κ3) is 4.29. The zero-order valence-electron chi connectivity index (χ0n) is 14.4. The maximum absolute atomic E-state index is 12.3. The molecule has 1 aromatic carbocycles. The summed E-state index contributed by atoms with van der Waals surface area (Å²) in [7, 11) is -1.92. The first-order valence-electron chi connectivity index (χ1n) is 8.07. The molecule has 0 unspecified atom stereocenters. The third-order valence-corrected chi connectivity index (χ3v) is 6.86. The number of ether oxygens (including phenoxy) is 1. The van der Waals surface area contributed by atoms with Crippen LogP contribution in [0.5, 0.6) is 5.75 Å². The van der Waals surface area contributed by atoms with E-state index in [4.69, 9.17) is 9.26 Å². The van der Waals surface area contributed by atoms with Gasteiger partial charge in [-0.25, -0.2) is 13.1 Å². The van der Waals surface area contributed by atoms with Crippen LogP contribution in [0.15, 0.2) is 45.1 Å². The number of hydrogen-bond acceptors (Lipinski definition) is 7. The van der Waals surface area contributed by atoms with Crippen molar-refractivity contribution in [3.8, 4) is 17.1 Å². The highest BCUT2D eigenvalue weighted by atomic mass is 32.2. The maximum Gasteiger partial charge on any atom is 0.250 e. The van der Waals surface area contributed by atoms with E-state index < -0.39 is 10.0 Å². The lowest BCUT2D eigenvalue weighted by Gasteiger charge is -2.02. The molecule has 0 atom stereocenters. The molecule has 0 aliphatic rings. The molecule has 0 saturated carbocycles. The zero-order valence-corrected chi connectivity index (χ0v) is 16.1. The Bertz CT molecular complexity index is 979. The number of nitrogens with zero attached hydrogens (tertiary/aromatic N) is 2. The van der Waals surface area contributed by atoms with E-state index in [0.717, 1.165) is 16.9 Å². The number of benzene rings is 1. The minimum atomic E-state index is -3.51.